The fraction of sp³-hybridized carbons (Fsp3) is 0.682. The molecule has 0 radical (unpaired) electrons. The maximum atomic E-state index is 12.3. The van der Waals surface area contributed by atoms with E-state index in [1.807, 2.05) is 24.3 Å². The van der Waals surface area contributed by atoms with Gasteiger partial charge < -0.3 is 14.4 Å². The number of rotatable bonds is 6. The molecule has 28 heavy (non-hydrogen) atoms. The first-order valence-electron chi connectivity index (χ1n) is 10.6. The van der Waals surface area contributed by atoms with Crippen molar-refractivity contribution in [1.29, 1.82) is 0 Å². The summed E-state index contributed by atoms with van der Waals surface area (Å²) in [6, 6.07) is 7.41. The van der Waals surface area contributed by atoms with Crippen LogP contribution in [0.3, 0.4) is 0 Å². The van der Waals surface area contributed by atoms with Crippen LogP contribution in [0.25, 0.3) is 0 Å². The van der Waals surface area contributed by atoms with Gasteiger partial charge in [-0.15, -0.1) is 12.4 Å². The quantitative estimate of drug-likeness (QED) is 0.642. The molecule has 1 aliphatic heterocycles. The van der Waals surface area contributed by atoms with Crippen molar-refractivity contribution in [2.75, 3.05) is 38.7 Å². The summed E-state index contributed by atoms with van der Waals surface area (Å²) in [5, 5.41) is 2.82. The maximum absolute atomic E-state index is 12.3. The molecule has 1 N–H and O–H groups in total. The second kappa shape index (κ2) is 12.2. The molecule has 5 nitrogen and oxygen atoms in total. The van der Waals surface area contributed by atoms with Crippen LogP contribution in [0.5, 0.6) is 5.75 Å². The van der Waals surface area contributed by atoms with Gasteiger partial charge in [-0.3, -0.25) is 5.32 Å². The molecule has 1 saturated heterocycles. The van der Waals surface area contributed by atoms with E-state index >= 15 is 0 Å². The average Bonchev–Trinajstić information content (AvgIpc) is 2.92. The number of para-hydroxylation sites is 2. The molecule has 0 bridgehead atoms. The minimum atomic E-state index is -0.388. The molecule has 6 heteroatoms. The highest BCUT2D eigenvalue weighted by Gasteiger charge is 2.27. The molecular weight excluding hydrogens is 376 g/mol. The molecule has 2 aliphatic rings. The van der Waals surface area contributed by atoms with Crippen LogP contribution in [0, 0.1) is 11.8 Å². The SMILES string of the molecule is COc1ccccc1NC(=O)OCC1CCCCCC1CN1CCCCC1.Cl. The Morgan fingerprint density at radius 1 is 1.04 bits per heavy atom. The third-order valence-corrected chi connectivity index (χ3v) is 6.03. The van der Waals surface area contributed by atoms with Crippen LogP contribution in [0.2, 0.25) is 0 Å². The van der Waals surface area contributed by atoms with Gasteiger partial charge in [0.1, 0.15) is 5.75 Å². The smallest absolute Gasteiger partial charge is 0.411 e. The molecule has 3 rings (SSSR count). The van der Waals surface area contributed by atoms with Gasteiger partial charge >= 0.3 is 6.09 Å². The summed E-state index contributed by atoms with van der Waals surface area (Å²) in [5.74, 6) is 1.76. The van der Waals surface area contributed by atoms with Crippen molar-refractivity contribution in [3.05, 3.63) is 24.3 Å². The van der Waals surface area contributed by atoms with E-state index in [2.05, 4.69) is 10.2 Å². The zero-order chi connectivity index (χ0) is 18.9. The number of carbonyl (C=O) groups excluding carboxylic acids is 1. The Bertz CT molecular complexity index is 593. The number of halogens is 1. The van der Waals surface area contributed by atoms with Crippen molar-refractivity contribution in [1.82, 2.24) is 4.90 Å². The highest BCUT2D eigenvalue weighted by Crippen LogP contribution is 2.31. The Balaban J connectivity index is 0.00000280. The second-order valence-corrected chi connectivity index (χ2v) is 7.94. The van der Waals surface area contributed by atoms with Crippen molar-refractivity contribution >= 4 is 24.2 Å². The van der Waals surface area contributed by atoms with E-state index in [4.69, 9.17) is 9.47 Å². The number of methoxy groups -OCH3 is 1. The van der Waals surface area contributed by atoms with E-state index in [0.717, 1.165) is 0 Å². The highest BCUT2D eigenvalue weighted by molar-refractivity contribution is 5.86. The predicted octanol–water partition coefficient (Wildman–Crippen LogP) is 5.35. The minimum Gasteiger partial charge on any atom is -0.495 e. The lowest BCUT2D eigenvalue weighted by molar-refractivity contribution is 0.0957. The van der Waals surface area contributed by atoms with Gasteiger partial charge in [0.05, 0.1) is 19.4 Å². The van der Waals surface area contributed by atoms with Crippen LogP contribution in [0.15, 0.2) is 24.3 Å². The number of carbonyl (C=O) groups is 1. The number of anilines is 1. The predicted molar refractivity (Wildman–Crippen MR) is 116 cm³/mol. The van der Waals surface area contributed by atoms with Gasteiger partial charge in [-0.25, -0.2) is 4.79 Å². The first-order valence-corrected chi connectivity index (χ1v) is 10.6. The van der Waals surface area contributed by atoms with Gasteiger partial charge in [-0.2, -0.15) is 0 Å². The number of nitrogens with one attached hydrogen (secondary N) is 1. The first-order chi connectivity index (χ1) is 13.3. The van der Waals surface area contributed by atoms with E-state index in [0.29, 0.717) is 29.9 Å². The number of likely N-dealkylation sites (tertiary alicyclic amines) is 1. The Hall–Kier alpha value is -1.46. The minimum absolute atomic E-state index is 0. The van der Waals surface area contributed by atoms with Crippen molar-refractivity contribution in [3.8, 4) is 5.75 Å². The van der Waals surface area contributed by atoms with Crippen LogP contribution < -0.4 is 10.1 Å². The van der Waals surface area contributed by atoms with E-state index in [9.17, 15) is 4.79 Å². The number of hydrogen-bond acceptors (Lipinski definition) is 4. The molecule has 1 aromatic rings. The van der Waals surface area contributed by atoms with E-state index in [1.165, 1.54) is 71.0 Å². The van der Waals surface area contributed by atoms with Gasteiger partial charge in [-0.1, -0.05) is 37.8 Å². The standard InChI is InChI=1S/C22H34N2O3.ClH/c1-26-21-13-7-6-12-20(21)23-22(25)27-17-19-11-5-2-4-10-18(19)16-24-14-8-3-9-15-24;/h6-7,12-13,18-19H,2-5,8-11,14-17H2,1H3,(H,23,25);1H. The molecule has 1 aliphatic carbocycles. The summed E-state index contributed by atoms with van der Waals surface area (Å²) in [6.07, 6.45) is 9.93. The third-order valence-electron chi connectivity index (χ3n) is 6.03. The van der Waals surface area contributed by atoms with Crippen molar-refractivity contribution < 1.29 is 14.3 Å². The Kier molecular flexibility index (Phi) is 9.93. The van der Waals surface area contributed by atoms with E-state index < -0.39 is 0 Å². The summed E-state index contributed by atoms with van der Waals surface area (Å²) in [7, 11) is 1.60. The molecule has 0 spiro atoms. The van der Waals surface area contributed by atoms with Gasteiger partial charge in [0.15, 0.2) is 0 Å². The summed E-state index contributed by atoms with van der Waals surface area (Å²) < 4.78 is 10.9. The first kappa shape index (κ1) is 22.8. The summed E-state index contributed by atoms with van der Waals surface area (Å²) in [6.45, 7) is 4.15. The molecule has 1 saturated carbocycles. The van der Waals surface area contributed by atoms with Crippen LogP contribution in [-0.2, 0) is 4.74 Å². The number of benzene rings is 1. The number of piperidine rings is 1. The molecule has 158 valence electrons. The van der Waals surface area contributed by atoms with Crippen molar-refractivity contribution in [2.24, 2.45) is 11.8 Å². The highest BCUT2D eigenvalue weighted by atomic mass is 35.5. The Morgan fingerprint density at radius 3 is 2.46 bits per heavy atom. The molecule has 1 amide bonds. The monoisotopic (exact) mass is 410 g/mol. The van der Waals surface area contributed by atoms with Gasteiger partial charge in [0.2, 0.25) is 0 Å². The van der Waals surface area contributed by atoms with Gasteiger partial charge in [0, 0.05) is 6.54 Å². The van der Waals surface area contributed by atoms with Crippen LogP contribution in [0.4, 0.5) is 10.5 Å². The van der Waals surface area contributed by atoms with E-state index in [-0.39, 0.29) is 18.5 Å². The van der Waals surface area contributed by atoms with Crippen LogP contribution >= 0.6 is 12.4 Å². The van der Waals surface area contributed by atoms with Crippen LogP contribution in [-0.4, -0.2) is 44.3 Å². The lowest BCUT2D eigenvalue weighted by atomic mass is 9.87. The molecule has 1 aromatic carbocycles. The number of ether oxygens (including phenoxy) is 2. The third kappa shape index (κ3) is 6.85. The number of nitrogens with zero attached hydrogens (tertiary/aromatic N) is 1. The van der Waals surface area contributed by atoms with Crippen LogP contribution in [0.1, 0.15) is 51.4 Å². The molecular formula is C22H35ClN2O3. The Morgan fingerprint density at radius 2 is 1.71 bits per heavy atom. The molecule has 2 atom stereocenters. The van der Waals surface area contributed by atoms with Gasteiger partial charge in [0.25, 0.3) is 0 Å². The molecule has 1 heterocycles. The summed E-state index contributed by atoms with van der Waals surface area (Å²) in [4.78, 5) is 14.9. The molecule has 2 fully saturated rings. The van der Waals surface area contributed by atoms with Gasteiger partial charge in [-0.05, 0) is 62.7 Å². The largest absolute Gasteiger partial charge is 0.495 e. The fourth-order valence-corrected chi connectivity index (χ4v) is 4.47. The lowest BCUT2D eigenvalue weighted by Crippen LogP contribution is -2.37. The number of hydrogen-bond donors (Lipinski definition) is 1. The lowest BCUT2D eigenvalue weighted by Gasteiger charge is -2.33. The normalized spacial score (nSPS) is 23.2. The second-order valence-electron chi connectivity index (χ2n) is 7.94. The maximum Gasteiger partial charge on any atom is 0.411 e. The summed E-state index contributed by atoms with van der Waals surface area (Å²) >= 11 is 0. The van der Waals surface area contributed by atoms with Crippen molar-refractivity contribution in [3.63, 3.8) is 0 Å². The molecule has 0 aromatic heterocycles. The van der Waals surface area contributed by atoms with Crippen molar-refractivity contribution in [2.45, 2.75) is 51.4 Å². The summed E-state index contributed by atoms with van der Waals surface area (Å²) in [5.41, 5.74) is 0.649. The zero-order valence-corrected chi connectivity index (χ0v) is 17.8. The number of amides is 1. The average molecular weight is 411 g/mol. The van der Waals surface area contributed by atoms with E-state index in [1.54, 1.807) is 7.11 Å². The Labute approximate surface area is 175 Å². The topological polar surface area (TPSA) is 50.8 Å². The zero-order valence-electron chi connectivity index (χ0n) is 17.0. The molecule has 2 unspecified atom stereocenters. The fourth-order valence-electron chi connectivity index (χ4n) is 4.47.